The van der Waals surface area contributed by atoms with Crippen molar-refractivity contribution < 1.29 is 0 Å². The Kier molecular flexibility index (Phi) is 6.30. The maximum Gasteiger partial charge on any atom is 0.0588 e. The number of para-hydroxylation sites is 2. The van der Waals surface area contributed by atoms with Gasteiger partial charge in [-0.1, -0.05) is 122 Å². The van der Waals surface area contributed by atoms with E-state index >= 15 is 0 Å². The fraction of sp³-hybridized carbons (Fsp3) is 0.0588. The van der Waals surface area contributed by atoms with Gasteiger partial charge in [0.25, 0.3) is 0 Å². The van der Waals surface area contributed by atoms with Gasteiger partial charge in [0.05, 0.1) is 22.1 Å². The lowest BCUT2D eigenvalue weighted by atomic mass is 9.81. The molecule has 0 saturated carbocycles. The summed E-state index contributed by atoms with van der Waals surface area (Å²) in [4.78, 5) is 5.46. The average Bonchev–Trinajstić information content (AvgIpc) is 3.94. The highest BCUT2D eigenvalue weighted by atomic mass is 32.2. The van der Waals surface area contributed by atoms with E-state index in [0.29, 0.717) is 0 Å². The van der Waals surface area contributed by atoms with E-state index in [0.717, 1.165) is 0 Å². The van der Waals surface area contributed by atoms with E-state index in [9.17, 15) is 0 Å². The third-order valence-corrected chi connectivity index (χ3v) is 16.1. The minimum absolute atomic E-state index is 0.216. The summed E-state index contributed by atoms with van der Waals surface area (Å²) in [5, 5.41) is 7.76. The maximum atomic E-state index is 2.57. The third-order valence-electron chi connectivity index (χ3n) is 12.3. The monoisotopic (exact) mass is 768 g/mol. The van der Waals surface area contributed by atoms with Gasteiger partial charge in [0.1, 0.15) is 0 Å². The summed E-state index contributed by atoms with van der Waals surface area (Å²) in [5.41, 5.74) is 12.7. The molecule has 11 aromatic rings. The standard InChI is InChI=1S/C51H32N2S3/c1-51(2)47-34(35-23-26-46-50(48(35)51)56-45-18-10-9-17-44(45)55-46)21-22-36-31-11-3-7-15-40(31)53(49(36)47)30-19-24-41-37(27-30)32-12-4-6-14-39(32)52(41)29-20-25-43-38(28-29)33-13-5-8-16-42(33)54-43/h3-28H,1-2H3. The van der Waals surface area contributed by atoms with Gasteiger partial charge in [-0.15, -0.1) is 11.3 Å². The zero-order valence-electron chi connectivity index (χ0n) is 30.6. The minimum atomic E-state index is -0.216. The van der Waals surface area contributed by atoms with Crippen molar-refractivity contribution in [2.75, 3.05) is 0 Å². The second-order valence-electron chi connectivity index (χ2n) is 15.7. The van der Waals surface area contributed by atoms with Crippen LogP contribution >= 0.6 is 34.9 Å². The minimum Gasteiger partial charge on any atom is -0.309 e. The van der Waals surface area contributed by atoms with Crippen LogP contribution in [0.4, 0.5) is 0 Å². The van der Waals surface area contributed by atoms with Crippen molar-refractivity contribution in [1.29, 1.82) is 0 Å². The molecule has 0 N–H and O–H groups in total. The molecule has 56 heavy (non-hydrogen) atoms. The number of aromatic nitrogens is 2. The van der Waals surface area contributed by atoms with Crippen molar-refractivity contribution >= 4 is 98.6 Å². The Bertz CT molecular complexity index is 3520. The van der Waals surface area contributed by atoms with E-state index in [1.54, 1.807) is 0 Å². The quantitative estimate of drug-likeness (QED) is 0.173. The highest BCUT2D eigenvalue weighted by molar-refractivity contribution is 8.05. The van der Waals surface area contributed by atoms with Crippen LogP contribution in [0.15, 0.2) is 177 Å². The predicted octanol–water partition coefficient (Wildman–Crippen LogP) is 15.2. The van der Waals surface area contributed by atoms with Crippen LogP contribution in [0.1, 0.15) is 25.0 Å². The highest BCUT2D eigenvalue weighted by Crippen LogP contribution is 2.60. The Balaban J connectivity index is 1.06. The van der Waals surface area contributed by atoms with Crippen molar-refractivity contribution in [3.63, 3.8) is 0 Å². The number of fused-ring (bicyclic) bond motifs is 16. The Morgan fingerprint density at radius 1 is 0.411 bits per heavy atom. The molecule has 3 aromatic heterocycles. The molecule has 0 radical (unpaired) electrons. The van der Waals surface area contributed by atoms with Crippen LogP contribution in [0.3, 0.4) is 0 Å². The van der Waals surface area contributed by atoms with Crippen LogP contribution in [0.2, 0.25) is 0 Å². The number of nitrogens with zero attached hydrogens (tertiary/aromatic N) is 2. The molecule has 4 heterocycles. The topological polar surface area (TPSA) is 9.86 Å². The van der Waals surface area contributed by atoms with E-state index in [4.69, 9.17) is 0 Å². The second kappa shape index (κ2) is 11.2. The van der Waals surface area contributed by atoms with Gasteiger partial charge in [-0.25, -0.2) is 0 Å². The van der Waals surface area contributed by atoms with Crippen molar-refractivity contribution in [2.45, 2.75) is 38.8 Å². The molecule has 0 bridgehead atoms. The van der Waals surface area contributed by atoms with Gasteiger partial charge in [0.2, 0.25) is 0 Å². The van der Waals surface area contributed by atoms with E-state index in [1.165, 1.54) is 117 Å². The Hall–Kier alpha value is -5.72. The van der Waals surface area contributed by atoms with Crippen LogP contribution < -0.4 is 0 Å². The highest BCUT2D eigenvalue weighted by Gasteiger charge is 2.42. The summed E-state index contributed by atoms with van der Waals surface area (Å²) in [6.45, 7) is 4.91. The van der Waals surface area contributed by atoms with Gasteiger partial charge in [0.15, 0.2) is 0 Å². The number of rotatable bonds is 2. The van der Waals surface area contributed by atoms with E-state index in [-0.39, 0.29) is 5.41 Å². The summed E-state index contributed by atoms with van der Waals surface area (Å²) < 4.78 is 7.68. The van der Waals surface area contributed by atoms with Crippen LogP contribution in [-0.4, -0.2) is 9.13 Å². The fourth-order valence-corrected chi connectivity index (χ4v) is 13.6. The summed E-state index contributed by atoms with van der Waals surface area (Å²) in [5.74, 6) is 0. The first kappa shape index (κ1) is 31.5. The van der Waals surface area contributed by atoms with E-state index < -0.39 is 0 Å². The predicted molar refractivity (Wildman–Crippen MR) is 240 cm³/mol. The number of hydrogen-bond donors (Lipinski definition) is 0. The molecule has 0 spiro atoms. The molecule has 2 aliphatic rings. The molecule has 264 valence electrons. The summed E-state index contributed by atoms with van der Waals surface area (Å²) in [6, 6.07) is 59.2. The molecule has 1 aliphatic heterocycles. The van der Waals surface area contributed by atoms with E-state index in [2.05, 4.69) is 181 Å². The summed E-state index contributed by atoms with van der Waals surface area (Å²) in [6.07, 6.45) is 0. The molecule has 5 heteroatoms. The molecule has 1 aliphatic carbocycles. The molecule has 8 aromatic carbocycles. The van der Waals surface area contributed by atoms with Crippen molar-refractivity contribution in [1.82, 2.24) is 9.13 Å². The number of hydrogen-bond acceptors (Lipinski definition) is 3. The van der Waals surface area contributed by atoms with Gasteiger partial charge < -0.3 is 9.13 Å². The van der Waals surface area contributed by atoms with Crippen molar-refractivity contribution in [2.24, 2.45) is 0 Å². The molecular formula is C51H32N2S3. The lowest BCUT2D eigenvalue weighted by molar-refractivity contribution is 0.645. The zero-order valence-corrected chi connectivity index (χ0v) is 33.1. The van der Waals surface area contributed by atoms with Crippen molar-refractivity contribution in [3.05, 3.63) is 169 Å². The molecule has 0 saturated heterocycles. The lowest BCUT2D eigenvalue weighted by Crippen LogP contribution is -2.18. The van der Waals surface area contributed by atoms with Gasteiger partial charge >= 0.3 is 0 Å². The van der Waals surface area contributed by atoms with Crippen LogP contribution in [0, 0.1) is 0 Å². The first-order valence-electron chi connectivity index (χ1n) is 19.2. The first-order chi connectivity index (χ1) is 27.5. The Morgan fingerprint density at radius 2 is 1.00 bits per heavy atom. The van der Waals surface area contributed by atoms with Crippen LogP contribution in [-0.2, 0) is 5.41 Å². The van der Waals surface area contributed by atoms with Crippen LogP contribution in [0.25, 0.3) is 86.3 Å². The lowest BCUT2D eigenvalue weighted by Gasteiger charge is -2.28. The third kappa shape index (κ3) is 4.10. The molecule has 0 fully saturated rings. The van der Waals surface area contributed by atoms with Gasteiger partial charge in [-0.3, -0.25) is 0 Å². The summed E-state index contributed by atoms with van der Waals surface area (Å²) in [7, 11) is 0. The van der Waals surface area contributed by atoms with Gasteiger partial charge in [-0.05, 0) is 95.1 Å². The summed E-state index contributed by atoms with van der Waals surface area (Å²) >= 11 is 5.73. The van der Waals surface area contributed by atoms with Gasteiger partial charge in [0, 0.05) is 78.1 Å². The molecular weight excluding hydrogens is 737 g/mol. The SMILES string of the molecule is CC1(C)c2c(ccc3c2Sc2ccccc2S3)-c2ccc3c4ccccc4n(-c4ccc5c(c4)c4ccccc4n5-c4ccc5sc6ccccc6c5c4)c3c21. The Morgan fingerprint density at radius 3 is 1.84 bits per heavy atom. The average molecular weight is 769 g/mol. The fourth-order valence-electron chi connectivity index (χ4n) is 9.98. The van der Waals surface area contributed by atoms with Crippen LogP contribution in [0.5, 0.6) is 0 Å². The number of benzene rings is 8. The zero-order chi connectivity index (χ0) is 36.9. The smallest absolute Gasteiger partial charge is 0.0588 e. The molecule has 13 rings (SSSR count). The largest absolute Gasteiger partial charge is 0.309 e. The molecule has 0 unspecified atom stereocenters. The first-order valence-corrected chi connectivity index (χ1v) is 21.6. The second-order valence-corrected chi connectivity index (χ2v) is 18.9. The Labute approximate surface area is 336 Å². The molecule has 2 nitrogen and oxygen atoms in total. The van der Waals surface area contributed by atoms with E-state index in [1.807, 2.05) is 34.9 Å². The number of thiophene rings is 1. The molecule has 0 amide bonds. The normalized spacial score (nSPS) is 14.2. The maximum absolute atomic E-state index is 2.57. The molecule has 0 atom stereocenters. The van der Waals surface area contributed by atoms with Crippen molar-refractivity contribution in [3.8, 4) is 22.5 Å². The van der Waals surface area contributed by atoms with Gasteiger partial charge in [-0.2, -0.15) is 0 Å².